The lowest BCUT2D eigenvalue weighted by molar-refractivity contribution is 0.457. The molecule has 0 spiro atoms. The van der Waals surface area contributed by atoms with Crippen molar-refractivity contribution in [1.29, 1.82) is 0 Å². The normalized spacial score (nSPS) is 15.6. The van der Waals surface area contributed by atoms with Crippen molar-refractivity contribution >= 4 is 28.5 Å². The summed E-state index contributed by atoms with van der Waals surface area (Å²) in [6.07, 6.45) is 6.62. The van der Waals surface area contributed by atoms with Gasteiger partial charge in [0.2, 0.25) is 0 Å². The molecule has 0 saturated carbocycles. The van der Waals surface area contributed by atoms with E-state index >= 15 is 0 Å². The lowest BCUT2D eigenvalue weighted by Gasteiger charge is -2.24. The lowest BCUT2D eigenvalue weighted by atomic mass is 10.1. The standard InChI is InChI=1S/C22H24FN3O/c1-15-13-16(9-10-20(15)26-11-4-2-3-5-12-26)24-14-17-21-18(23)7-6-8-19(21)25-22(17)27/h6-10,13-14,25,27H,2-5,11-12H2,1H3. The predicted octanol–water partition coefficient (Wildman–Crippen LogP) is 5.45. The monoisotopic (exact) mass is 365 g/mol. The molecule has 1 saturated heterocycles. The van der Waals surface area contributed by atoms with Gasteiger partial charge in [-0.1, -0.05) is 18.9 Å². The smallest absolute Gasteiger partial charge is 0.198 e. The van der Waals surface area contributed by atoms with Crippen LogP contribution in [0, 0.1) is 12.7 Å². The molecule has 0 amide bonds. The molecule has 1 fully saturated rings. The van der Waals surface area contributed by atoms with Gasteiger partial charge in [-0.05, 0) is 55.7 Å². The molecule has 0 aliphatic carbocycles. The van der Waals surface area contributed by atoms with E-state index < -0.39 is 0 Å². The Morgan fingerprint density at radius 3 is 2.63 bits per heavy atom. The Morgan fingerprint density at radius 2 is 1.89 bits per heavy atom. The number of H-pyrrole nitrogens is 1. The first kappa shape index (κ1) is 17.6. The zero-order chi connectivity index (χ0) is 18.8. The van der Waals surface area contributed by atoms with E-state index in [9.17, 15) is 9.50 Å². The first-order valence-electron chi connectivity index (χ1n) is 9.52. The molecule has 5 heteroatoms. The number of aliphatic imine (C=N–C) groups is 1. The summed E-state index contributed by atoms with van der Waals surface area (Å²) in [6.45, 7) is 4.31. The zero-order valence-electron chi connectivity index (χ0n) is 15.5. The minimum Gasteiger partial charge on any atom is -0.494 e. The van der Waals surface area contributed by atoms with E-state index in [-0.39, 0.29) is 11.7 Å². The molecule has 1 aliphatic heterocycles. The second-order valence-electron chi connectivity index (χ2n) is 7.18. The molecule has 0 radical (unpaired) electrons. The quantitative estimate of drug-likeness (QED) is 0.606. The van der Waals surface area contributed by atoms with Gasteiger partial charge in [-0.15, -0.1) is 0 Å². The van der Waals surface area contributed by atoms with E-state index in [0.29, 0.717) is 16.5 Å². The second-order valence-corrected chi connectivity index (χ2v) is 7.18. The van der Waals surface area contributed by atoms with Crippen LogP contribution in [-0.2, 0) is 0 Å². The molecule has 2 heterocycles. The molecular weight excluding hydrogens is 341 g/mol. The first-order valence-corrected chi connectivity index (χ1v) is 9.52. The van der Waals surface area contributed by atoms with Gasteiger partial charge in [0.25, 0.3) is 0 Å². The predicted molar refractivity (Wildman–Crippen MR) is 109 cm³/mol. The number of fused-ring (bicyclic) bond motifs is 1. The van der Waals surface area contributed by atoms with Crippen LogP contribution in [0.4, 0.5) is 15.8 Å². The van der Waals surface area contributed by atoms with Crippen LogP contribution < -0.4 is 4.90 Å². The topological polar surface area (TPSA) is 51.6 Å². The molecule has 4 nitrogen and oxygen atoms in total. The van der Waals surface area contributed by atoms with Crippen LogP contribution in [0.15, 0.2) is 41.4 Å². The third kappa shape index (κ3) is 3.54. The summed E-state index contributed by atoms with van der Waals surface area (Å²) >= 11 is 0. The van der Waals surface area contributed by atoms with Crippen LogP contribution >= 0.6 is 0 Å². The fraction of sp³-hybridized carbons (Fsp3) is 0.318. The third-order valence-electron chi connectivity index (χ3n) is 5.26. The summed E-state index contributed by atoms with van der Waals surface area (Å²) in [5, 5.41) is 10.5. The SMILES string of the molecule is Cc1cc(N=Cc2c(O)[nH]c3cccc(F)c23)ccc1N1CCCCCC1. The maximum Gasteiger partial charge on any atom is 0.198 e. The summed E-state index contributed by atoms with van der Waals surface area (Å²) in [5.41, 5.74) is 4.16. The van der Waals surface area contributed by atoms with Crippen molar-refractivity contribution in [2.45, 2.75) is 32.6 Å². The molecule has 27 heavy (non-hydrogen) atoms. The Kier molecular flexibility index (Phi) is 4.84. The fourth-order valence-corrected chi connectivity index (χ4v) is 3.87. The highest BCUT2D eigenvalue weighted by Crippen LogP contribution is 2.30. The molecule has 0 bridgehead atoms. The molecule has 2 N–H and O–H groups in total. The highest BCUT2D eigenvalue weighted by molar-refractivity contribution is 6.02. The van der Waals surface area contributed by atoms with Crippen molar-refractivity contribution in [3.8, 4) is 5.88 Å². The molecule has 1 aliphatic rings. The first-order chi connectivity index (χ1) is 13.1. The molecular formula is C22H24FN3O. The van der Waals surface area contributed by atoms with E-state index in [1.165, 1.54) is 49.2 Å². The number of benzene rings is 2. The number of hydrogen-bond acceptors (Lipinski definition) is 3. The van der Waals surface area contributed by atoms with Gasteiger partial charge in [-0.25, -0.2) is 4.39 Å². The number of hydrogen-bond donors (Lipinski definition) is 2. The van der Waals surface area contributed by atoms with E-state index in [1.807, 2.05) is 12.1 Å². The Bertz CT molecular complexity index is 985. The number of rotatable bonds is 3. The Morgan fingerprint density at radius 1 is 1.11 bits per heavy atom. The van der Waals surface area contributed by atoms with Crippen LogP contribution in [0.2, 0.25) is 0 Å². The summed E-state index contributed by atoms with van der Waals surface area (Å²) in [7, 11) is 0. The number of aryl methyl sites for hydroxylation is 1. The van der Waals surface area contributed by atoms with Crippen LogP contribution in [0.3, 0.4) is 0 Å². The average Bonchev–Trinajstić information content (AvgIpc) is 2.82. The highest BCUT2D eigenvalue weighted by atomic mass is 19.1. The van der Waals surface area contributed by atoms with Crippen molar-refractivity contribution in [3.63, 3.8) is 0 Å². The van der Waals surface area contributed by atoms with E-state index in [1.54, 1.807) is 12.1 Å². The Labute approximate surface area is 158 Å². The third-order valence-corrected chi connectivity index (χ3v) is 5.26. The summed E-state index contributed by atoms with van der Waals surface area (Å²) in [5.74, 6) is -0.449. The van der Waals surface area contributed by atoms with Crippen LogP contribution in [0.1, 0.15) is 36.8 Å². The van der Waals surface area contributed by atoms with Crippen LogP contribution in [-0.4, -0.2) is 29.4 Å². The fourth-order valence-electron chi connectivity index (χ4n) is 3.87. The van der Waals surface area contributed by atoms with E-state index in [2.05, 4.69) is 27.9 Å². The minimum absolute atomic E-state index is 0.0724. The van der Waals surface area contributed by atoms with Gasteiger partial charge in [0.15, 0.2) is 5.88 Å². The number of nitrogens with one attached hydrogen (secondary N) is 1. The number of anilines is 1. The molecule has 140 valence electrons. The number of aromatic hydroxyl groups is 1. The van der Waals surface area contributed by atoms with Crippen molar-refractivity contribution < 1.29 is 9.50 Å². The highest BCUT2D eigenvalue weighted by Gasteiger charge is 2.14. The molecule has 0 atom stereocenters. The minimum atomic E-state index is -0.377. The van der Waals surface area contributed by atoms with Gasteiger partial charge in [0, 0.05) is 30.4 Å². The van der Waals surface area contributed by atoms with Crippen molar-refractivity contribution in [1.82, 2.24) is 4.98 Å². The molecule has 0 unspecified atom stereocenters. The summed E-state index contributed by atoms with van der Waals surface area (Å²) in [6, 6.07) is 10.9. The van der Waals surface area contributed by atoms with Crippen LogP contribution in [0.5, 0.6) is 5.88 Å². The largest absolute Gasteiger partial charge is 0.494 e. The number of nitrogens with zero attached hydrogens (tertiary/aromatic N) is 2. The Balaban J connectivity index is 1.62. The maximum absolute atomic E-state index is 14.1. The van der Waals surface area contributed by atoms with Crippen molar-refractivity contribution in [2.75, 3.05) is 18.0 Å². The number of halogens is 1. The average molecular weight is 365 g/mol. The van der Waals surface area contributed by atoms with Gasteiger partial charge < -0.3 is 15.0 Å². The molecule has 3 aromatic rings. The molecule has 2 aromatic carbocycles. The molecule has 1 aromatic heterocycles. The van der Waals surface area contributed by atoms with Crippen molar-refractivity contribution in [3.05, 3.63) is 53.3 Å². The summed E-state index contributed by atoms with van der Waals surface area (Å²) < 4.78 is 14.1. The lowest BCUT2D eigenvalue weighted by Crippen LogP contribution is -2.24. The van der Waals surface area contributed by atoms with Crippen LogP contribution in [0.25, 0.3) is 10.9 Å². The van der Waals surface area contributed by atoms with Gasteiger partial charge in [-0.2, -0.15) is 0 Å². The number of aromatic amines is 1. The second kappa shape index (κ2) is 7.43. The van der Waals surface area contributed by atoms with E-state index in [0.717, 1.165) is 18.8 Å². The number of aromatic nitrogens is 1. The van der Waals surface area contributed by atoms with E-state index in [4.69, 9.17) is 0 Å². The molecule has 4 rings (SSSR count). The van der Waals surface area contributed by atoms with Gasteiger partial charge >= 0.3 is 0 Å². The van der Waals surface area contributed by atoms with Gasteiger partial charge in [0.05, 0.1) is 16.8 Å². The summed E-state index contributed by atoms with van der Waals surface area (Å²) in [4.78, 5) is 9.72. The van der Waals surface area contributed by atoms with Gasteiger partial charge in [0.1, 0.15) is 5.82 Å². The Hall–Kier alpha value is -2.82. The maximum atomic E-state index is 14.1. The van der Waals surface area contributed by atoms with Gasteiger partial charge in [-0.3, -0.25) is 4.99 Å². The zero-order valence-corrected chi connectivity index (χ0v) is 15.5. The van der Waals surface area contributed by atoms with Crippen molar-refractivity contribution in [2.24, 2.45) is 4.99 Å².